The van der Waals surface area contributed by atoms with Gasteiger partial charge in [-0.2, -0.15) is 5.10 Å². The van der Waals surface area contributed by atoms with Gasteiger partial charge < -0.3 is 9.72 Å². The summed E-state index contributed by atoms with van der Waals surface area (Å²) in [6.07, 6.45) is 1.55. The van der Waals surface area contributed by atoms with Crippen LogP contribution in [-0.2, 0) is 4.79 Å². The zero-order chi connectivity index (χ0) is 15.2. The second-order valence-electron chi connectivity index (χ2n) is 4.57. The Morgan fingerprint density at radius 1 is 1.43 bits per heavy atom. The number of halogens is 1. The molecule has 0 saturated carbocycles. The Morgan fingerprint density at radius 3 is 2.90 bits per heavy atom. The summed E-state index contributed by atoms with van der Waals surface area (Å²) in [6, 6.07) is 7.53. The molecule has 0 aliphatic heterocycles. The van der Waals surface area contributed by atoms with Crippen LogP contribution in [-0.4, -0.2) is 23.7 Å². The van der Waals surface area contributed by atoms with Gasteiger partial charge in [0.05, 0.1) is 6.21 Å². The van der Waals surface area contributed by atoms with Gasteiger partial charge in [0.1, 0.15) is 11.6 Å². The molecule has 0 atom stereocenters. The van der Waals surface area contributed by atoms with Crippen LogP contribution in [0.15, 0.2) is 35.4 Å². The van der Waals surface area contributed by atoms with Gasteiger partial charge in [0, 0.05) is 23.0 Å². The number of aromatic nitrogens is 1. The molecule has 1 aromatic carbocycles. The lowest BCUT2D eigenvalue weighted by Crippen LogP contribution is -2.24. The number of hydrazone groups is 1. The van der Waals surface area contributed by atoms with Crippen LogP contribution in [0.5, 0.6) is 5.75 Å². The molecule has 6 heteroatoms. The highest BCUT2D eigenvalue weighted by Crippen LogP contribution is 2.11. The van der Waals surface area contributed by atoms with E-state index in [9.17, 15) is 9.18 Å². The van der Waals surface area contributed by atoms with Crippen LogP contribution in [0.3, 0.4) is 0 Å². The Balaban J connectivity index is 1.81. The van der Waals surface area contributed by atoms with E-state index in [-0.39, 0.29) is 6.61 Å². The molecular formula is C15H16FN3O2. The van der Waals surface area contributed by atoms with Gasteiger partial charge in [0.15, 0.2) is 6.61 Å². The molecule has 2 N–H and O–H groups in total. The molecule has 0 unspecified atom stereocenters. The second-order valence-corrected chi connectivity index (χ2v) is 4.57. The molecule has 1 aromatic heterocycles. The van der Waals surface area contributed by atoms with E-state index in [1.54, 1.807) is 12.3 Å². The van der Waals surface area contributed by atoms with Crippen LogP contribution in [0, 0.1) is 19.7 Å². The number of H-pyrrole nitrogens is 1. The summed E-state index contributed by atoms with van der Waals surface area (Å²) < 4.78 is 18.1. The van der Waals surface area contributed by atoms with E-state index in [1.165, 1.54) is 18.2 Å². The van der Waals surface area contributed by atoms with Crippen molar-refractivity contribution in [1.29, 1.82) is 0 Å². The Bertz CT molecular complexity index is 665. The van der Waals surface area contributed by atoms with Gasteiger partial charge in [-0.15, -0.1) is 0 Å². The molecule has 0 aliphatic rings. The van der Waals surface area contributed by atoms with Crippen LogP contribution in [0.2, 0.25) is 0 Å². The van der Waals surface area contributed by atoms with Gasteiger partial charge in [-0.25, -0.2) is 9.82 Å². The van der Waals surface area contributed by atoms with Gasteiger partial charge in [-0.1, -0.05) is 6.07 Å². The number of nitrogens with zero attached hydrogens (tertiary/aromatic N) is 1. The molecule has 0 saturated heterocycles. The van der Waals surface area contributed by atoms with Crippen molar-refractivity contribution in [2.45, 2.75) is 13.8 Å². The SMILES string of the molecule is Cc1cc(/C=N/NC(=O)COc2cccc(F)c2)c(C)[nH]1. The summed E-state index contributed by atoms with van der Waals surface area (Å²) in [5.74, 6) is -0.532. The fourth-order valence-corrected chi connectivity index (χ4v) is 1.79. The lowest BCUT2D eigenvalue weighted by molar-refractivity contribution is -0.123. The number of benzene rings is 1. The smallest absolute Gasteiger partial charge is 0.277 e. The fraction of sp³-hybridized carbons (Fsp3) is 0.200. The van der Waals surface area contributed by atoms with Gasteiger partial charge in [0.25, 0.3) is 5.91 Å². The van der Waals surface area contributed by atoms with Crippen molar-refractivity contribution in [3.63, 3.8) is 0 Å². The van der Waals surface area contributed by atoms with Crippen LogP contribution < -0.4 is 10.2 Å². The van der Waals surface area contributed by atoms with E-state index in [0.29, 0.717) is 5.75 Å². The van der Waals surface area contributed by atoms with Crippen molar-refractivity contribution in [3.05, 3.63) is 53.1 Å². The van der Waals surface area contributed by atoms with E-state index in [2.05, 4.69) is 15.5 Å². The number of carbonyl (C=O) groups excluding carboxylic acids is 1. The topological polar surface area (TPSA) is 66.5 Å². The van der Waals surface area contributed by atoms with Crippen molar-refractivity contribution < 1.29 is 13.9 Å². The maximum Gasteiger partial charge on any atom is 0.277 e. The zero-order valence-corrected chi connectivity index (χ0v) is 11.8. The highest BCUT2D eigenvalue weighted by Gasteiger charge is 2.03. The number of rotatable bonds is 5. The number of hydrogen-bond donors (Lipinski definition) is 2. The molecule has 5 nitrogen and oxygen atoms in total. The Labute approximate surface area is 121 Å². The Hall–Kier alpha value is -2.63. The number of hydrogen-bond acceptors (Lipinski definition) is 3. The maximum absolute atomic E-state index is 12.9. The minimum atomic E-state index is -0.416. The third-order valence-electron chi connectivity index (χ3n) is 2.75. The minimum Gasteiger partial charge on any atom is -0.484 e. The molecule has 0 spiro atoms. The lowest BCUT2D eigenvalue weighted by atomic mass is 10.3. The summed E-state index contributed by atoms with van der Waals surface area (Å²) in [4.78, 5) is 14.7. The number of ether oxygens (including phenoxy) is 1. The number of aromatic amines is 1. The quantitative estimate of drug-likeness (QED) is 0.655. The van der Waals surface area contributed by atoms with Gasteiger partial charge in [0.2, 0.25) is 0 Å². The van der Waals surface area contributed by atoms with Crippen molar-refractivity contribution in [1.82, 2.24) is 10.4 Å². The third-order valence-corrected chi connectivity index (χ3v) is 2.75. The van der Waals surface area contributed by atoms with E-state index in [4.69, 9.17) is 4.74 Å². The summed E-state index contributed by atoms with van der Waals surface area (Å²) in [5.41, 5.74) is 5.25. The van der Waals surface area contributed by atoms with Crippen molar-refractivity contribution in [3.8, 4) is 5.75 Å². The molecule has 110 valence electrons. The fourth-order valence-electron chi connectivity index (χ4n) is 1.79. The van der Waals surface area contributed by atoms with Crippen molar-refractivity contribution in [2.24, 2.45) is 5.10 Å². The van der Waals surface area contributed by atoms with Crippen LogP contribution in [0.4, 0.5) is 4.39 Å². The molecule has 2 rings (SSSR count). The molecule has 0 radical (unpaired) electrons. The lowest BCUT2D eigenvalue weighted by Gasteiger charge is -2.04. The summed E-state index contributed by atoms with van der Waals surface area (Å²) >= 11 is 0. The standard InChI is InChI=1S/C15H16FN3O2/c1-10-6-12(11(2)18-10)8-17-19-15(20)9-21-14-5-3-4-13(16)7-14/h3-8,18H,9H2,1-2H3,(H,19,20)/b17-8+. The average Bonchev–Trinajstić information content (AvgIpc) is 2.75. The molecule has 2 aromatic rings. The molecule has 1 amide bonds. The molecule has 1 heterocycles. The van der Waals surface area contributed by atoms with E-state index in [1.807, 2.05) is 19.9 Å². The second kappa shape index (κ2) is 6.69. The Kier molecular flexibility index (Phi) is 4.71. The summed E-state index contributed by atoms with van der Waals surface area (Å²) in [5, 5.41) is 3.85. The number of nitrogens with one attached hydrogen (secondary N) is 2. The van der Waals surface area contributed by atoms with E-state index in [0.717, 1.165) is 17.0 Å². The average molecular weight is 289 g/mol. The highest BCUT2D eigenvalue weighted by molar-refractivity contribution is 5.84. The van der Waals surface area contributed by atoms with Crippen molar-refractivity contribution in [2.75, 3.05) is 6.61 Å². The van der Waals surface area contributed by atoms with Crippen LogP contribution in [0.1, 0.15) is 17.0 Å². The third kappa shape index (κ3) is 4.45. The first-order valence-corrected chi connectivity index (χ1v) is 6.41. The predicted octanol–water partition coefficient (Wildman–Crippen LogP) is 2.30. The predicted molar refractivity (Wildman–Crippen MR) is 77.9 cm³/mol. The molecular weight excluding hydrogens is 273 g/mol. The zero-order valence-electron chi connectivity index (χ0n) is 11.8. The molecule has 0 fully saturated rings. The number of amides is 1. The normalized spacial score (nSPS) is 10.8. The first-order chi connectivity index (χ1) is 10.0. The largest absolute Gasteiger partial charge is 0.484 e. The first-order valence-electron chi connectivity index (χ1n) is 6.41. The first kappa shape index (κ1) is 14.8. The number of aryl methyl sites for hydroxylation is 2. The monoisotopic (exact) mass is 289 g/mol. The number of carbonyl (C=O) groups is 1. The summed E-state index contributed by atoms with van der Waals surface area (Å²) in [6.45, 7) is 3.63. The molecule has 0 bridgehead atoms. The Morgan fingerprint density at radius 2 is 2.24 bits per heavy atom. The highest BCUT2D eigenvalue weighted by atomic mass is 19.1. The maximum atomic E-state index is 12.9. The van der Waals surface area contributed by atoms with Crippen LogP contribution in [0.25, 0.3) is 0 Å². The van der Waals surface area contributed by atoms with E-state index >= 15 is 0 Å². The molecule has 0 aliphatic carbocycles. The van der Waals surface area contributed by atoms with Gasteiger partial charge >= 0.3 is 0 Å². The van der Waals surface area contributed by atoms with Gasteiger partial charge in [-0.05, 0) is 32.0 Å². The minimum absolute atomic E-state index is 0.230. The van der Waals surface area contributed by atoms with E-state index < -0.39 is 11.7 Å². The molecule has 21 heavy (non-hydrogen) atoms. The van der Waals surface area contributed by atoms with Gasteiger partial charge in [-0.3, -0.25) is 4.79 Å². The summed E-state index contributed by atoms with van der Waals surface area (Å²) in [7, 11) is 0. The van der Waals surface area contributed by atoms with Crippen LogP contribution >= 0.6 is 0 Å². The van der Waals surface area contributed by atoms with Crippen molar-refractivity contribution >= 4 is 12.1 Å².